The van der Waals surface area contributed by atoms with Crippen LogP contribution in [-0.2, 0) is 19.5 Å². The average molecular weight is 582 g/mol. The van der Waals surface area contributed by atoms with Crippen molar-refractivity contribution in [1.82, 2.24) is 0 Å². The van der Waals surface area contributed by atoms with Crippen molar-refractivity contribution >= 4 is 22.8 Å². The van der Waals surface area contributed by atoms with Gasteiger partial charge in [-0.2, -0.15) is 0 Å². The van der Waals surface area contributed by atoms with Gasteiger partial charge in [0.2, 0.25) is 0 Å². The molecule has 0 radical (unpaired) electrons. The van der Waals surface area contributed by atoms with Crippen LogP contribution in [0.5, 0.6) is 0 Å². The summed E-state index contributed by atoms with van der Waals surface area (Å²) >= 11 is 0. The summed E-state index contributed by atoms with van der Waals surface area (Å²) in [5.41, 5.74) is 8.55. The minimum absolute atomic E-state index is 0. The van der Waals surface area contributed by atoms with Gasteiger partial charge in [-0.25, -0.2) is 0 Å². The van der Waals surface area contributed by atoms with Crippen LogP contribution in [0.25, 0.3) is 0 Å². The van der Waals surface area contributed by atoms with Crippen molar-refractivity contribution in [2.75, 3.05) is 0 Å². The summed E-state index contributed by atoms with van der Waals surface area (Å²) in [5.74, 6) is 1.75. The summed E-state index contributed by atoms with van der Waals surface area (Å²) in [4.78, 5) is 9.36. The Labute approximate surface area is 250 Å². The Morgan fingerprint density at radius 2 is 0.769 bits per heavy atom. The van der Waals surface area contributed by atoms with Crippen molar-refractivity contribution in [3.05, 3.63) is 82.3 Å². The molecule has 0 saturated heterocycles. The fourth-order valence-corrected chi connectivity index (χ4v) is 4.29. The van der Waals surface area contributed by atoms with E-state index in [9.17, 15) is 10.2 Å². The van der Waals surface area contributed by atoms with E-state index in [0.29, 0.717) is 23.7 Å². The van der Waals surface area contributed by atoms with Crippen molar-refractivity contribution in [2.24, 2.45) is 9.98 Å². The number of aliphatic imine (C=N–C) groups is 2. The normalized spacial score (nSPS) is 13.1. The molecule has 0 amide bonds. The first-order valence-corrected chi connectivity index (χ1v) is 13.7. The Hall–Kier alpha value is -2.52. The van der Waals surface area contributed by atoms with Crippen molar-refractivity contribution < 1.29 is 29.7 Å². The van der Waals surface area contributed by atoms with Crippen LogP contribution in [-0.4, -0.2) is 11.4 Å². The maximum absolute atomic E-state index is 11.1. The Morgan fingerprint density at radius 1 is 0.538 bits per heavy atom. The van der Waals surface area contributed by atoms with Crippen LogP contribution >= 0.6 is 0 Å². The topological polar surface area (TPSA) is 70.8 Å². The SMILES string of the molecule is CC(/C=C(/C)[O-])=Nc1c(C(C)C)cccc1C(C)C.CC(/C=C(/C)[O-])=Nc1c(C(C)C)cccc1C(C)C.[Zn+2]. The number of nitrogens with zero attached hydrogens (tertiary/aromatic N) is 2. The van der Waals surface area contributed by atoms with Crippen LogP contribution < -0.4 is 10.2 Å². The van der Waals surface area contributed by atoms with Gasteiger partial charge in [0.1, 0.15) is 0 Å². The molecule has 0 atom stereocenters. The second-order valence-corrected chi connectivity index (χ2v) is 11.2. The van der Waals surface area contributed by atoms with Crippen LogP contribution in [0.1, 0.15) is 129 Å². The van der Waals surface area contributed by atoms with Gasteiger partial charge >= 0.3 is 19.5 Å². The Morgan fingerprint density at radius 3 is 0.949 bits per heavy atom. The molecule has 0 N–H and O–H groups in total. The van der Waals surface area contributed by atoms with E-state index in [1.165, 1.54) is 22.3 Å². The third kappa shape index (κ3) is 12.0. The van der Waals surface area contributed by atoms with Gasteiger partial charge in [0, 0.05) is 11.4 Å². The molecule has 0 fully saturated rings. The summed E-state index contributed by atoms with van der Waals surface area (Å²) in [6.07, 6.45) is 3.17. The van der Waals surface area contributed by atoms with Gasteiger partial charge in [-0.3, -0.25) is 9.98 Å². The Bertz CT molecular complexity index is 1030. The van der Waals surface area contributed by atoms with E-state index in [-0.39, 0.29) is 31.0 Å². The first kappa shape index (κ1) is 36.5. The van der Waals surface area contributed by atoms with Crippen molar-refractivity contribution in [1.29, 1.82) is 0 Å². The monoisotopic (exact) mass is 580 g/mol. The molecule has 0 heterocycles. The third-order valence-electron chi connectivity index (χ3n) is 6.09. The van der Waals surface area contributed by atoms with Gasteiger partial charge in [0.25, 0.3) is 0 Å². The average Bonchev–Trinajstić information content (AvgIpc) is 2.77. The molecule has 5 heteroatoms. The fraction of sp³-hybridized carbons (Fsp3) is 0.471. The minimum Gasteiger partial charge on any atom is -0.876 e. The van der Waals surface area contributed by atoms with Crippen LogP contribution in [0, 0.1) is 0 Å². The van der Waals surface area contributed by atoms with E-state index in [1.54, 1.807) is 26.0 Å². The van der Waals surface area contributed by atoms with E-state index in [1.807, 2.05) is 13.8 Å². The standard InChI is InChI=1S/2C17H25NO.Zn/c2*1-11(2)15-8-7-9-16(12(3)4)17(15)18-13(5)10-14(6)19;/h2*7-12,19H,1-6H3;/q;;+2/p-2/b2*14-10-,18-13?;. The zero-order valence-electron chi connectivity index (χ0n) is 26.3. The summed E-state index contributed by atoms with van der Waals surface area (Å²) in [7, 11) is 0. The second-order valence-electron chi connectivity index (χ2n) is 11.2. The summed E-state index contributed by atoms with van der Waals surface area (Å²) < 4.78 is 0. The molecule has 0 spiro atoms. The van der Waals surface area contributed by atoms with Gasteiger partial charge in [-0.15, -0.1) is 11.5 Å². The van der Waals surface area contributed by atoms with Gasteiger partial charge in [0.15, 0.2) is 0 Å². The molecule has 208 valence electrons. The molecule has 0 aliphatic heterocycles. The fourth-order valence-electron chi connectivity index (χ4n) is 4.29. The summed E-state index contributed by atoms with van der Waals surface area (Å²) in [6.45, 7) is 24.2. The molecule has 2 aromatic carbocycles. The van der Waals surface area contributed by atoms with Crippen molar-refractivity contribution in [3.63, 3.8) is 0 Å². The Kier molecular flexibility index (Phi) is 16.1. The molecule has 4 nitrogen and oxygen atoms in total. The quantitative estimate of drug-likeness (QED) is 0.178. The van der Waals surface area contributed by atoms with Crippen LogP contribution in [0.15, 0.2) is 70.1 Å². The van der Waals surface area contributed by atoms with E-state index in [2.05, 4.69) is 102 Å². The predicted octanol–water partition coefficient (Wildman–Crippen LogP) is 8.58. The minimum atomic E-state index is 0. The summed E-state index contributed by atoms with van der Waals surface area (Å²) in [5, 5.41) is 22.3. The van der Waals surface area contributed by atoms with E-state index in [0.717, 1.165) is 22.8 Å². The molecule has 2 rings (SSSR count). The third-order valence-corrected chi connectivity index (χ3v) is 6.09. The predicted molar refractivity (Wildman–Crippen MR) is 162 cm³/mol. The van der Waals surface area contributed by atoms with Gasteiger partial charge < -0.3 is 10.2 Å². The van der Waals surface area contributed by atoms with Gasteiger partial charge in [0.05, 0.1) is 11.4 Å². The maximum atomic E-state index is 11.1. The maximum Gasteiger partial charge on any atom is 2.00 e. The number of para-hydroxylation sites is 2. The largest absolute Gasteiger partial charge is 2.00 e. The molecular weight excluding hydrogens is 534 g/mol. The first-order valence-electron chi connectivity index (χ1n) is 13.7. The Balaban J connectivity index is 0.000000722. The van der Waals surface area contributed by atoms with E-state index in [4.69, 9.17) is 0 Å². The molecule has 0 aliphatic carbocycles. The number of benzene rings is 2. The number of allylic oxidation sites excluding steroid dienone is 4. The number of hydrogen-bond acceptors (Lipinski definition) is 4. The van der Waals surface area contributed by atoms with E-state index >= 15 is 0 Å². The zero-order chi connectivity index (χ0) is 29.2. The number of rotatable bonds is 8. The van der Waals surface area contributed by atoms with Crippen LogP contribution in [0.2, 0.25) is 0 Å². The molecule has 39 heavy (non-hydrogen) atoms. The second kappa shape index (κ2) is 17.2. The molecule has 0 saturated carbocycles. The van der Waals surface area contributed by atoms with Crippen molar-refractivity contribution in [2.45, 2.75) is 107 Å². The van der Waals surface area contributed by atoms with Gasteiger partial charge in [-0.1, -0.05) is 118 Å². The first-order chi connectivity index (χ1) is 17.6. The van der Waals surface area contributed by atoms with E-state index < -0.39 is 0 Å². The number of hydrogen-bond donors (Lipinski definition) is 0. The molecule has 2 aromatic rings. The molecule has 0 unspecified atom stereocenters. The molecule has 0 bridgehead atoms. The van der Waals surface area contributed by atoms with Crippen LogP contribution in [0.4, 0.5) is 11.4 Å². The van der Waals surface area contributed by atoms with Gasteiger partial charge in [-0.05, 0) is 59.8 Å². The smallest absolute Gasteiger partial charge is 0.876 e. The molecular formula is C34H48N2O2Zn. The zero-order valence-corrected chi connectivity index (χ0v) is 29.3. The summed E-state index contributed by atoms with van der Waals surface area (Å²) in [6, 6.07) is 12.7. The van der Waals surface area contributed by atoms with Crippen LogP contribution in [0.3, 0.4) is 0 Å². The molecule has 0 aromatic heterocycles. The molecule has 0 aliphatic rings. The van der Waals surface area contributed by atoms with Crippen molar-refractivity contribution in [3.8, 4) is 0 Å².